The summed E-state index contributed by atoms with van der Waals surface area (Å²) < 4.78 is 26.2. The second-order valence-corrected chi connectivity index (χ2v) is 5.51. The molecule has 4 heteroatoms. The van der Waals surface area contributed by atoms with E-state index in [4.69, 9.17) is 23.2 Å². The Bertz CT molecular complexity index is 572. The first-order valence-electron chi connectivity index (χ1n) is 5.99. The Morgan fingerprint density at radius 3 is 2.32 bits per heavy atom. The summed E-state index contributed by atoms with van der Waals surface area (Å²) in [5, 5.41) is 0.904. The van der Waals surface area contributed by atoms with E-state index in [0.717, 1.165) is 23.3 Å². The topological polar surface area (TPSA) is 0 Å². The molecule has 1 radical (unpaired) electrons. The molecule has 0 heterocycles. The number of benzene rings is 1. The van der Waals surface area contributed by atoms with Crippen LogP contribution in [-0.2, 0) is 0 Å². The Morgan fingerprint density at radius 1 is 1.05 bits per heavy atom. The minimum Gasteiger partial charge on any atom is -0.204 e. The van der Waals surface area contributed by atoms with Gasteiger partial charge in [0.15, 0.2) is 11.6 Å². The van der Waals surface area contributed by atoms with Crippen LogP contribution in [-0.4, -0.2) is 0 Å². The molecule has 0 aromatic heterocycles. The second kappa shape index (κ2) is 5.64. The van der Waals surface area contributed by atoms with E-state index in [1.54, 1.807) is 0 Å². The van der Waals surface area contributed by atoms with Gasteiger partial charge in [0, 0.05) is 0 Å². The van der Waals surface area contributed by atoms with E-state index in [1.807, 2.05) is 20.3 Å². The zero-order chi connectivity index (χ0) is 14.2. The van der Waals surface area contributed by atoms with Gasteiger partial charge >= 0.3 is 0 Å². The van der Waals surface area contributed by atoms with Crippen molar-refractivity contribution in [2.75, 3.05) is 0 Å². The predicted molar refractivity (Wildman–Crippen MR) is 75.8 cm³/mol. The van der Waals surface area contributed by atoms with Gasteiger partial charge < -0.3 is 0 Å². The molecule has 101 valence electrons. The van der Waals surface area contributed by atoms with Crippen LogP contribution in [0.25, 0.3) is 5.57 Å². The van der Waals surface area contributed by atoms with Gasteiger partial charge in [-0.05, 0) is 47.6 Å². The highest BCUT2D eigenvalue weighted by Crippen LogP contribution is 2.41. The third-order valence-electron chi connectivity index (χ3n) is 3.13. The summed E-state index contributed by atoms with van der Waals surface area (Å²) in [5.41, 5.74) is 2.26. The Kier molecular flexibility index (Phi) is 4.32. The summed E-state index contributed by atoms with van der Waals surface area (Å²) in [6.07, 6.45) is 2.54. The lowest BCUT2D eigenvalue weighted by atomic mass is 9.88. The van der Waals surface area contributed by atoms with Crippen LogP contribution >= 0.6 is 23.2 Å². The smallest absolute Gasteiger partial charge is 0.159 e. The lowest BCUT2D eigenvalue weighted by molar-refractivity contribution is 0.508. The first kappa shape index (κ1) is 14.5. The van der Waals surface area contributed by atoms with Crippen molar-refractivity contribution in [1.29, 1.82) is 0 Å². The lowest BCUT2D eigenvalue weighted by Gasteiger charge is -2.22. The van der Waals surface area contributed by atoms with Gasteiger partial charge in [-0.3, -0.25) is 0 Å². The zero-order valence-corrected chi connectivity index (χ0v) is 12.1. The van der Waals surface area contributed by atoms with Gasteiger partial charge in [-0.25, -0.2) is 8.78 Å². The highest BCUT2D eigenvalue weighted by molar-refractivity contribution is 6.46. The number of rotatable bonds is 2. The maximum absolute atomic E-state index is 13.3. The fraction of sp³-hybridized carbons (Fsp3) is 0.267. The molecule has 0 fully saturated rings. The third kappa shape index (κ3) is 2.85. The van der Waals surface area contributed by atoms with Gasteiger partial charge in [-0.1, -0.05) is 43.1 Å². The number of hydrogen-bond acceptors (Lipinski definition) is 0. The van der Waals surface area contributed by atoms with Crippen molar-refractivity contribution in [1.82, 2.24) is 0 Å². The van der Waals surface area contributed by atoms with Crippen LogP contribution in [0.2, 0.25) is 0 Å². The molecule has 1 aromatic rings. The van der Waals surface area contributed by atoms with Crippen LogP contribution in [0, 0.1) is 24.0 Å². The predicted octanol–water partition coefficient (Wildman–Crippen LogP) is 5.67. The first-order valence-corrected chi connectivity index (χ1v) is 6.74. The summed E-state index contributed by atoms with van der Waals surface area (Å²) in [5.74, 6) is -1.48. The van der Waals surface area contributed by atoms with E-state index < -0.39 is 11.6 Å². The van der Waals surface area contributed by atoms with Gasteiger partial charge in [0.05, 0.1) is 10.1 Å². The van der Waals surface area contributed by atoms with Gasteiger partial charge in [-0.2, -0.15) is 0 Å². The van der Waals surface area contributed by atoms with Gasteiger partial charge in [-0.15, -0.1) is 0 Å². The van der Waals surface area contributed by atoms with E-state index >= 15 is 0 Å². The highest BCUT2D eigenvalue weighted by atomic mass is 35.5. The molecule has 0 aliphatic heterocycles. The molecule has 1 aliphatic rings. The number of halogens is 4. The molecular weight excluding hydrogens is 289 g/mol. The van der Waals surface area contributed by atoms with E-state index in [2.05, 4.69) is 0 Å². The molecular formula is C15H13Cl2F2. The van der Waals surface area contributed by atoms with Crippen molar-refractivity contribution in [2.24, 2.45) is 5.92 Å². The maximum atomic E-state index is 13.3. The molecule has 2 rings (SSSR count). The van der Waals surface area contributed by atoms with Crippen molar-refractivity contribution >= 4 is 28.8 Å². The van der Waals surface area contributed by atoms with E-state index in [0.29, 0.717) is 22.0 Å². The summed E-state index contributed by atoms with van der Waals surface area (Å²) in [6.45, 7) is 4.06. The zero-order valence-electron chi connectivity index (χ0n) is 10.6. The molecule has 1 aliphatic carbocycles. The molecule has 0 atom stereocenters. The molecule has 0 nitrogen and oxygen atoms in total. The summed E-state index contributed by atoms with van der Waals surface area (Å²) in [7, 11) is 0. The summed E-state index contributed by atoms with van der Waals surface area (Å²) in [6, 6.07) is 3.75. The fourth-order valence-electron chi connectivity index (χ4n) is 2.07. The van der Waals surface area contributed by atoms with E-state index in [1.165, 1.54) is 6.07 Å². The second-order valence-electron chi connectivity index (χ2n) is 4.75. The Morgan fingerprint density at radius 2 is 1.74 bits per heavy atom. The van der Waals surface area contributed by atoms with Gasteiger partial charge in [0.1, 0.15) is 0 Å². The van der Waals surface area contributed by atoms with Crippen molar-refractivity contribution in [3.8, 4) is 0 Å². The fourth-order valence-corrected chi connectivity index (χ4v) is 2.77. The molecule has 0 spiro atoms. The summed E-state index contributed by atoms with van der Waals surface area (Å²) in [4.78, 5) is 0. The first-order chi connectivity index (χ1) is 8.91. The summed E-state index contributed by atoms with van der Waals surface area (Å²) >= 11 is 12.5. The van der Waals surface area contributed by atoms with E-state index in [-0.39, 0.29) is 5.92 Å². The molecule has 0 saturated heterocycles. The van der Waals surface area contributed by atoms with Crippen LogP contribution < -0.4 is 0 Å². The molecule has 19 heavy (non-hydrogen) atoms. The quantitative estimate of drug-likeness (QED) is 0.660. The number of allylic oxidation sites excluding steroid dienone is 4. The molecule has 0 N–H and O–H groups in total. The van der Waals surface area contributed by atoms with Crippen LogP contribution in [0.15, 0.2) is 33.8 Å². The Labute approximate surface area is 121 Å². The van der Waals surface area contributed by atoms with Gasteiger partial charge in [0.2, 0.25) is 0 Å². The van der Waals surface area contributed by atoms with E-state index in [9.17, 15) is 8.78 Å². The van der Waals surface area contributed by atoms with Crippen molar-refractivity contribution in [2.45, 2.75) is 20.3 Å². The molecule has 0 saturated carbocycles. The van der Waals surface area contributed by atoms with Crippen LogP contribution in [0.4, 0.5) is 8.78 Å². The Hall–Kier alpha value is -0.860. The minimum atomic E-state index is -0.885. The van der Waals surface area contributed by atoms with Crippen LogP contribution in [0.1, 0.15) is 25.8 Å². The monoisotopic (exact) mass is 301 g/mol. The Balaban J connectivity index is 2.48. The number of hydrogen-bond donors (Lipinski definition) is 0. The average molecular weight is 302 g/mol. The average Bonchev–Trinajstić information content (AvgIpc) is 2.36. The maximum Gasteiger partial charge on any atom is 0.159 e. The van der Waals surface area contributed by atoms with Crippen LogP contribution in [0.5, 0.6) is 0 Å². The minimum absolute atomic E-state index is 0.271. The standard InChI is InChI=1S/C15H13Cl2F2/c1-8(2)10-4-5-11(15(17)14(10)16)9-3-6-12(18)13(19)7-9/h3-4,6-8H,5H2,1-2H3. The van der Waals surface area contributed by atoms with Crippen molar-refractivity contribution in [3.63, 3.8) is 0 Å². The van der Waals surface area contributed by atoms with Crippen molar-refractivity contribution < 1.29 is 8.78 Å². The normalized spacial score (nSPS) is 16.6. The van der Waals surface area contributed by atoms with Crippen molar-refractivity contribution in [3.05, 3.63) is 57.5 Å². The molecule has 0 amide bonds. The highest BCUT2D eigenvalue weighted by Gasteiger charge is 2.22. The van der Waals surface area contributed by atoms with Crippen LogP contribution in [0.3, 0.4) is 0 Å². The molecule has 0 unspecified atom stereocenters. The third-order valence-corrected chi connectivity index (χ3v) is 4.05. The van der Waals surface area contributed by atoms with Gasteiger partial charge in [0.25, 0.3) is 0 Å². The molecule has 0 bridgehead atoms. The SMILES string of the molecule is CC(C)C1=C(Cl)C(Cl)=C(c2ccc(F)c(F)c2)C[CH]1. The molecule has 1 aromatic carbocycles. The lowest BCUT2D eigenvalue weighted by Crippen LogP contribution is -2.06. The largest absolute Gasteiger partial charge is 0.204 e.